The third-order valence-electron chi connectivity index (χ3n) is 6.07. The maximum Gasteiger partial charge on any atom is 0.270 e. The van der Waals surface area contributed by atoms with Gasteiger partial charge in [0.05, 0.1) is 0 Å². The average Bonchev–Trinajstić information content (AvgIpc) is 3.07. The second-order valence-corrected chi connectivity index (χ2v) is 8.70. The van der Waals surface area contributed by atoms with Crippen LogP contribution in [0.25, 0.3) is 0 Å². The van der Waals surface area contributed by atoms with Crippen molar-refractivity contribution in [2.45, 2.75) is 38.7 Å². The number of nitrogens with zero attached hydrogens (tertiary/aromatic N) is 1. The first kappa shape index (κ1) is 24.0. The first-order valence-corrected chi connectivity index (χ1v) is 11.8. The first-order chi connectivity index (χ1) is 16.9. The Morgan fingerprint density at radius 1 is 1.03 bits per heavy atom. The van der Waals surface area contributed by atoms with Crippen LogP contribution in [-0.4, -0.2) is 24.2 Å². The summed E-state index contributed by atoms with van der Waals surface area (Å²) in [5.74, 6) is 0.178. The van der Waals surface area contributed by atoms with Gasteiger partial charge in [-0.3, -0.25) is 15.0 Å². The molecule has 4 N–H and O–H groups in total. The summed E-state index contributed by atoms with van der Waals surface area (Å²) in [7, 11) is 0. The van der Waals surface area contributed by atoms with Crippen LogP contribution in [0.1, 0.15) is 48.5 Å². The van der Waals surface area contributed by atoms with Gasteiger partial charge in [-0.25, -0.2) is 0 Å². The third kappa shape index (κ3) is 5.87. The Kier molecular flexibility index (Phi) is 7.45. The van der Waals surface area contributed by atoms with Gasteiger partial charge in [0.2, 0.25) is 12.0 Å². The van der Waals surface area contributed by atoms with Crippen LogP contribution in [0, 0.1) is 12.3 Å². The third-order valence-corrected chi connectivity index (χ3v) is 6.07. The number of nitrogens with two attached hydrogens (primary N) is 1. The first-order valence-electron chi connectivity index (χ1n) is 11.8. The number of nitrogen functional groups attached to an aromatic ring is 1. The minimum Gasteiger partial charge on any atom is -0.476 e. The molecule has 0 aromatic heterocycles. The molecular weight excluding hydrogens is 440 g/mol. The Morgan fingerprint density at radius 2 is 1.83 bits per heavy atom. The predicted octanol–water partition coefficient (Wildman–Crippen LogP) is 4.94. The number of hydrogen-bond donors (Lipinski definition) is 3. The highest BCUT2D eigenvalue weighted by atomic mass is 16.5. The van der Waals surface area contributed by atoms with E-state index in [4.69, 9.17) is 15.9 Å². The van der Waals surface area contributed by atoms with Gasteiger partial charge in [-0.2, -0.15) is 0 Å². The number of aryl methyl sites for hydroxylation is 1. The fourth-order valence-corrected chi connectivity index (χ4v) is 4.26. The zero-order chi connectivity index (χ0) is 24.8. The van der Waals surface area contributed by atoms with Gasteiger partial charge in [0, 0.05) is 35.5 Å². The van der Waals surface area contributed by atoms with Crippen molar-refractivity contribution in [3.63, 3.8) is 0 Å². The number of nitrogens with one attached hydrogen (secondary N) is 2. The van der Waals surface area contributed by atoms with Crippen LogP contribution in [-0.2, 0) is 9.59 Å². The van der Waals surface area contributed by atoms with E-state index in [1.165, 1.54) is 0 Å². The number of amidine groups is 1. The molecule has 1 aliphatic heterocycles. The lowest BCUT2D eigenvalue weighted by molar-refractivity contribution is -0.123. The molecule has 1 unspecified atom stereocenters. The summed E-state index contributed by atoms with van der Waals surface area (Å²) in [5.41, 5.74) is 9.25. The zero-order valence-electron chi connectivity index (χ0n) is 19.8. The van der Waals surface area contributed by atoms with Crippen LogP contribution in [0.5, 0.6) is 5.75 Å². The summed E-state index contributed by atoms with van der Waals surface area (Å²) >= 11 is 0. The number of anilines is 2. The van der Waals surface area contributed by atoms with Crippen molar-refractivity contribution in [2.24, 2.45) is 5.73 Å². The molecule has 7 heteroatoms. The standard InChI is InChI=1S/C28H30N4O3/c1-19-17-22(14-15-24(19)32-16-7-3-6-13-25(32)33)31-28(34)26(20-9-4-2-5-10-20)35-23-12-8-11-21(18-23)27(29)30/h2,4-5,8-12,14-15,17-18,26H,3,6-7,13,16H2,1H3,(H3,29,30)(H,31,34). The smallest absolute Gasteiger partial charge is 0.270 e. The SMILES string of the molecule is Cc1cc(NC(=O)C(Oc2cccc(C(=N)N)c2)c2ccccc2)ccc1N1CCCCCC1=O. The summed E-state index contributed by atoms with van der Waals surface area (Å²) in [6, 6.07) is 21.6. The van der Waals surface area contributed by atoms with Crippen molar-refractivity contribution in [3.05, 3.63) is 89.5 Å². The van der Waals surface area contributed by atoms with E-state index in [0.717, 1.165) is 30.5 Å². The Labute approximate surface area is 205 Å². The van der Waals surface area contributed by atoms with E-state index in [1.54, 1.807) is 24.3 Å². The van der Waals surface area contributed by atoms with E-state index in [9.17, 15) is 9.59 Å². The molecule has 1 saturated heterocycles. The van der Waals surface area contributed by atoms with Crippen LogP contribution in [0.3, 0.4) is 0 Å². The van der Waals surface area contributed by atoms with Crippen LogP contribution in [0.4, 0.5) is 11.4 Å². The predicted molar refractivity (Wildman–Crippen MR) is 138 cm³/mol. The molecule has 180 valence electrons. The van der Waals surface area contributed by atoms with Gasteiger partial charge in [-0.15, -0.1) is 0 Å². The second-order valence-electron chi connectivity index (χ2n) is 8.70. The lowest BCUT2D eigenvalue weighted by Gasteiger charge is -2.24. The molecule has 0 spiro atoms. The van der Waals surface area contributed by atoms with E-state index < -0.39 is 6.10 Å². The van der Waals surface area contributed by atoms with E-state index >= 15 is 0 Å². The quantitative estimate of drug-likeness (QED) is 0.335. The molecule has 0 bridgehead atoms. The van der Waals surface area contributed by atoms with E-state index in [1.807, 2.05) is 60.4 Å². The van der Waals surface area contributed by atoms with Crippen LogP contribution in [0.15, 0.2) is 72.8 Å². The molecule has 3 aromatic rings. The fraction of sp³-hybridized carbons (Fsp3) is 0.250. The Balaban J connectivity index is 1.56. The molecule has 0 saturated carbocycles. The lowest BCUT2D eigenvalue weighted by Crippen LogP contribution is -2.30. The highest BCUT2D eigenvalue weighted by molar-refractivity contribution is 5.97. The van der Waals surface area contributed by atoms with Crippen LogP contribution >= 0.6 is 0 Å². The van der Waals surface area contributed by atoms with Crippen molar-refractivity contribution in [3.8, 4) is 5.75 Å². The van der Waals surface area contributed by atoms with Crippen molar-refractivity contribution in [2.75, 3.05) is 16.8 Å². The van der Waals surface area contributed by atoms with Gasteiger partial charge < -0.3 is 20.7 Å². The summed E-state index contributed by atoms with van der Waals surface area (Å²) in [6.45, 7) is 2.66. The van der Waals surface area contributed by atoms with Gasteiger partial charge in [0.1, 0.15) is 11.6 Å². The number of carbonyl (C=O) groups excluding carboxylic acids is 2. The van der Waals surface area contributed by atoms with Crippen molar-refractivity contribution >= 4 is 29.0 Å². The van der Waals surface area contributed by atoms with Crippen LogP contribution < -0.4 is 20.7 Å². The monoisotopic (exact) mass is 470 g/mol. The van der Waals surface area contributed by atoms with Gasteiger partial charge >= 0.3 is 0 Å². The molecule has 4 rings (SSSR count). The zero-order valence-corrected chi connectivity index (χ0v) is 19.8. The minimum absolute atomic E-state index is 0.0744. The molecule has 7 nitrogen and oxygen atoms in total. The highest BCUT2D eigenvalue weighted by Crippen LogP contribution is 2.29. The van der Waals surface area contributed by atoms with Gasteiger partial charge in [-0.05, 0) is 55.7 Å². The van der Waals surface area contributed by atoms with Crippen molar-refractivity contribution in [1.82, 2.24) is 0 Å². The number of ether oxygens (including phenoxy) is 1. The van der Waals surface area contributed by atoms with Crippen molar-refractivity contribution < 1.29 is 14.3 Å². The number of carbonyl (C=O) groups is 2. The largest absolute Gasteiger partial charge is 0.476 e. The minimum atomic E-state index is -0.912. The topological polar surface area (TPSA) is 109 Å². The molecule has 0 aliphatic carbocycles. The lowest BCUT2D eigenvalue weighted by atomic mass is 10.1. The summed E-state index contributed by atoms with van der Waals surface area (Å²) in [4.78, 5) is 27.8. The maximum absolute atomic E-state index is 13.4. The number of rotatable bonds is 7. The van der Waals surface area contributed by atoms with Crippen molar-refractivity contribution in [1.29, 1.82) is 5.41 Å². The fourth-order valence-electron chi connectivity index (χ4n) is 4.26. The van der Waals surface area contributed by atoms with E-state index in [-0.39, 0.29) is 17.6 Å². The highest BCUT2D eigenvalue weighted by Gasteiger charge is 2.24. The Hall–Kier alpha value is -4.13. The molecule has 35 heavy (non-hydrogen) atoms. The number of hydrogen-bond acceptors (Lipinski definition) is 4. The van der Waals surface area contributed by atoms with Gasteiger partial charge in [0.15, 0.2) is 0 Å². The molecule has 1 heterocycles. The second kappa shape index (κ2) is 10.9. The molecule has 1 aliphatic rings. The molecule has 1 fully saturated rings. The molecule has 2 amide bonds. The Morgan fingerprint density at radius 3 is 2.57 bits per heavy atom. The van der Waals surface area contributed by atoms with E-state index in [2.05, 4.69) is 5.32 Å². The maximum atomic E-state index is 13.4. The molecule has 0 radical (unpaired) electrons. The number of benzene rings is 3. The summed E-state index contributed by atoms with van der Waals surface area (Å²) in [6.07, 6.45) is 2.64. The van der Waals surface area contributed by atoms with Gasteiger partial charge in [-0.1, -0.05) is 48.9 Å². The van der Waals surface area contributed by atoms with E-state index in [0.29, 0.717) is 35.5 Å². The molecular formula is C28H30N4O3. The van der Waals surface area contributed by atoms with Gasteiger partial charge in [0.25, 0.3) is 5.91 Å². The normalized spacial score (nSPS) is 14.7. The molecule has 3 aromatic carbocycles. The van der Waals surface area contributed by atoms with Crippen LogP contribution in [0.2, 0.25) is 0 Å². The molecule has 1 atom stereocenters. The summed E-state index contributed by atoms with van der Waals surface area (Å²) < 4.78 is 6.09. The average molecular weight is 471 g/mol. The number of amides is 2. The summed E-state index contributed by atoms with van der Waals surface area (Å²) in [5, 5.41) is 10.6. The Bertz CT molecular complexity index is 1230.